The highest BCUT2D eigenvalue weighted by atomic mass is 16.5. The van der Waals surface area contributed by atoms with Crippen LogP contribution in [0.4, 0.5) is 0 Å². The number of carbonyl (C=O) groups excluding carboxylic acids is 1. The number of hydrogen-bond acceptors (Lipinski definition) is 3. The Balaban J connectivity index is 2.89. The maximum absolute atomic E-state index is 10.8. The van der Waals surface area contributed by atoms with Gasteiger partial charge >= 0.3 is 5.97 Å². The number of esters is 1. The number of benzene rings is 1. The zero-order chi connectivity index (χ0) is 12.0. The quantitative estimate of drug-likeness (QED) is 0.575. The zero-order valence-electron chi connectivity index (χ0n) is 9.62. The van der Waals surface area contributed by atoms with Crippen molar-refractivity contribution in [2.24, 2.45) is 0 Å². The van der Waals surface area contributed by atoms with E-state index in [1.807, 2.05) is 12.1 Å². The topological polar surface area (TPSA) is 50.1 Å². The summed E-state index contributed by atoms with van der Waals surface area (Å²) >= 11 is 0. The SMILES string of the molecule is CCCCc1ccc(OC(C)=O)c(C#N)c1. The summed E-state index contributed by atoms with van der Waals surface area (Å²) in [5.41, 5.74) is 1.53. The lowest BCUT2D eigenvalue weighted by Crippen LogP contribution is -2.03. The Bertz CT molecular complexity index is 418. The van der Waals surface area contributed by atoms with E-state index in [0.29, 0.717) is 11.3 Å². The van der Waals surface area contributed by atoms with E-state index in [9.17, 15) is 4.79 Å². The predicted molar refractivity (Wildman–Crippen MR) is 61.1 cm³/mol. The number of unbranched alkanes of at least 4 members (excludes halogenated alkanes) is 1. The molecule has 1 aromatic carbocycles. The molecule has 0 saturated heterocycles. The van der Waals surface area contributed by atoms with Gasteiger partial charge in [0.05, 0.1) is 5.56 Å². The lowest BCUT2D eigenvalue weighted by Gasteiger charge is -2.06. The van der Waals surface area contributed by atoms with Crippen LogP contribution in [-0.4, -0.2) is 5.97 Å². The molecule has 1 rings (SSSR count). The van der Waals surface area contributed by atoms with E-state index in [2.05, 4.69) is 6.92 Å². The van der Waals surface area contributed by atoms with Crippen LogP contribution in [0, 0.1) is 11.3 Å². The van der Waals surface area contributed by atoms with Gasteiger partial charge in [0.2, 0.25) is 0 Å². The highest BCUT2D eigenvalue weighted by molar-refractivity contribution is 5.70. The smallest absolute Gasteiger partial charge is 0.308 e. The normalized spacial score (nSPS) is 9.56. The molecule has 0 aliphatic heterocycles. The second-order valence-corrected chi connectivity index (χ2v) is 3.64. The molecule has 0 N–H and O–H groups in total. The molecule has 0 saturated carbocycles. The van der Waals surface area contributed by atoms with Crippen molar-refractivity contribution in [2.45, 2.75) is 33.1 Å². The van der Waals surface area contributed by atoms with Gasteiger partial charge in [-0.05, 0) is 30.5 Å². The molecule has 16 heavy (non-hydrogen) atoms. The minimum Gasteiger partial charge on any atom is -0.425 e. The van der Waals surface area contributed by atoms with Crippen LogP contribution in [-0.2, 0) is 11.2 Å². The van der Waals surface area contributed by atoms with Crippen molar-refractivity contribution >= 4 is 5.97 Å². The third-order valence-corrected chi connectivity index (χ3v) is 2.24. The van der Waals surface area contributed by atoms with E-state index in [0.717, 1.165) is 24.8 Å². The van der Waals surface area contributed by atoms with Gasteiger partial charge in [0.1, 0.15) is 11.8 Å². The Kier molecular flexibility index (Phi) is 4.53. The molecule has 0 heterocycles. The highest BCUT2D eigenvalue weighted by Crippen LogP contribution is 2.20. The fourth-order valence-electron chi connectivity index (χ4n) is 1.44. The number of rotatable bonds is 4. The van der Waals surface area contributed by atoms with Crippen LogP contribution >= 0.6 is 0 Å². The summed E-state index contributed by atoms with van der Waals surface area (Å²) in [5, 5.41) is 8.94. The first-order valence-corrected chi connectivity index (χ1v) is 5.38. The molecule has 84 valence electrons. The monoisotopic (exact) mass is 217 g/mol. The Hall–Kier alpha value is -1.82. The van der Waals surface area contributed by atoms with E-state index in [1.54, 1.807) is 12.1 Å². The molecule has 0 amide bonds. The van der Waals surface area contributed by atoms with Gasteiger partial charge in [0.15, 0.2) is 0 Å². The third kappa shape index (κ3) is 3.39. The first-order chi connectivity index (χ1) is 7.67. The summed E-state index contributed by atoms with van der Waals surface area (Å²) in [5.74, 6) is -0.0620. The highest BCUT2D eigenvalue weighted by Gasteiger charge is 2.06. The fraction of sp³-hybridized carbons (Fsp3) is 0.385. The van der Waals surface area contributed by atoms with Gasteiger partial charge < -0.3 is 4.74 Å². The minimum atomic E-state index is -0.405. The fourth-order valence-corrected chi connectivity index (χ4v) is 1.44. The summed E-state index contributed by atoms with van der Waals surface area (Å²) in [6, 6.07) is 7.41. The van der Waals surface area contributed by atoms with E-state index < -0.39 is 5.97 Å². The van der Waals surface area contributed by atoms with Crippen molar-refractivity contribution < 1.29 is 9.53 Å². The first kappa shape index (κ1) is 12.3. The van der Waals surface area contributed by atoms with Gasteiger partial charge in [0.25, 0.3) is 0 Å². The maximum Gasteiger partial charge on any atom is 0.308 e. The van der Waals surface area contributed by atoms with Gasteiger partial charge in [-0.15, -0.1) is 0 Å². The average Bonchev–Trinajstić information content (AvgIpc) is 2.27. The number of aryl methyl sites for hydroxylation is 1. The Morgan fingerprint density at radius 3 is 2.81 bits per heavy atom. The number of nitrogens with zero attached hydrogens (tertiary/aromatic N) is 1. The summed E-state index contributed by atoms with van der Waals surface area (Å²) in [4.78, 5) is 10.8. The summed E-state index contributed by atoms with van der Waals surface area (Å²) in [6.07, 6.45) is 3.16. The first-order valence-electron chi connectivity index (χ1n) is 5.38. The van der Waals surface area contributed by atoms with E-state index in [1.165, 1.54) is 6.92 Å². The van der Waals surface area contributed by atoms with Gasteiger partial charge in [-0.2, -0.15) is 5.26 Å². The molecule has 0 aliphatic rings. The lowest BCUT2D eigenvalue weighted by molar-refractivity contribution is -0.131. The molecule has 0 radical (unpaired) electrons. The molecule has 0 spiro atoms. The Morgan fingerprint density at radius 1 is 1.50 bits per heavy atom. The van der Waals surface area contributed by atoms with Crippen molar-refractivity contribution in [1.82, 2.24) is 0 Å². The molecule has 0 aliphatic carbocycles. The number of nitriles is 1. The Morgan fingerprint density at radius 2 is 2.25 bits per heavy atom. The molecule has 0 fully saturated rings. The number of ether oxygens (including phenoxy) is 1. The van der Waals surface area contributed by atoms with Crippen LogP contribution in [0.3, 0.4) is 0 Å². The Labute approximate surface area is 95.7 Å². The molecular weight excluding hydrogens is 202 g/mol. The third-order valence-electron chi connectivity index (χ3n) is 2.24. The van der Waals surface area contributed by atoms with Crippen molar-refractivity contribution in [2.75, 3.05) is 0 Å². The van der Waals surface area contributed by atoms with E-state index >= 15 is 0 Å². The summed E-state index contributed by atoms with van der Waals surface area (Å²) in [7, 11) is 0. The zero-order valence-corrected chi connectivity index (χ0v) is 9.62. The van der Waals surface area contributed by atoms with Crippen LogP contribution in [0.1, 0.15) is 37.8 Å². The second-order valence-electron chi connectivity index (χ2n) is 3.64. The van der Waals surface area contributed by atoms with Crippen LogP contribution in [0.5, 0.6) is 5.75 Å². The molecule has 3 nitrogen and oxygen atoms in total. The maximum atomic E-state index is 10.8. The van der Waals surface area contributed by atoms with E-state index in [-0.39, 0.29) is 0 Å². The number of hydrogen-bond donors (Lipinski definition) is 0. The molecule has 0 unspecified atom stereocenters. The van der Waals surface area contributed by atoms with Crippen molar-refractivity contribution in [3.8, 4) is 11.8 Å². The molecular formula is C13H15NO2. The van der Waals surface area contributed by atoms with Gasteiger partial charge in [-0.3, -0.25) is 4.79 Å². The second kappa shape index (κ2) is 5.92. The molecule has 1 aromatic rings. The van der Waals surface area contributed by atoms with Crippen molar-refractivity contribution in [1.29, 1.82) is 5.26 Å². The van der Waals surface area contributed by atoms with Crippen molar-refractivity contribution in [3.05, 3.63) is 29.3 Å². The van der Waals surface area contributed by atoms with Crippen LogP contribution in [0.15, 0.2) is 18.2 Å². The lowest BCUT2D eigenvalue weighted by atomic mass is 10.1. The molecule has 0 bridgehead atoms. The van der Waals surface area contributed by atoms with Crippen molar-refractivity contribution in [3.63, 3.8) is 0 Å². The van der Waals surface area contributed by atoms with E-state index in [4.69, 9.17) is 10.00 Å². The van der Waals surface area contributed by atoms with Gasteiger partial charge in [-0.1, -0.05) is 19.4 Å². The summed E-state index contributed by atoms with van der Waals surface area (Å²) < 4.78 is 4.93. The average molecular weight is 217 g/mol. The van der Waals surface area contributed by atoms with Crippen LogP contribution in [0.2, 0.25) is 0 Å². The minimum absolute atomic E-state index is 0.343. The van der Waals surface area contributed by atoms with Gasteiger partial charge in [0, 0.05) is 6.92 Å². The molecule has 0 aromatic heterocycles. The summed E-state index contributed by atoms with van der Waals surface area (Å²) in [6.45, 7) is 3.45. The molecule has 3 heteroatoms. The predicted octanol–water partition coefficient (Wildman–Crippen LogP) is 2.83. The van der Waals surface area contributed by atoms with Crippen LogP contribution < -0.4 is 4.74 Å². The van der Waals surface area contributed by atoms with Crippen LogP contribution in [0.25, 0.3) is 0 Å². The largest absolute Gasteiger partial charge is 0.425 e. The number of carbonyl (C=O) groups is 1. The standard InChI is InChI=1S/C13H15NO2/c1-3-4-5-11-6-7-13(16-10(2)15)12(8-11)9-14/h6-8H,3-5H2,1-2H3. The molecule has 0 atom stereocenters. The van der Waals surface area contributed by atoms with Gasteiger partial charge in [-0.25, -0.2) is 0 Å².